The minimum absolute atomic E-state index is 0.0674. The van der Waals surface area contributed by atoms with Crippen molar-refractivity contribution in [3.05, 3.63) is 0 Å². The molecule has 2 heterocycles. The third-order valence-corrected chi connectivity index (χ3v) is 8.63. The maximum atomic E-state index is 13.2. The number of hydrogen-bond acceptors (Lipinski definition) is 6. The lowest BCUT2D eigenvalue weighted by Gasteiger charge is -2.30. The van der Waals surface area contributed by atoms with Crippen LogP contribution in [0.25, 0.3) is 0 Å². The Morgan fingerprint density at radius 1 is 1.19 bits per heavy atom. The number of carboxylic acids is 1. The van der Waals surface area contributed by atoms with Gasteiger partial charge in [-0.25, -0.2) is 0 Å². The molecule has 4 aliphatic rings. The SMILES string of the molecule is N[C@@]1(C(=O)O)CN(S(=O)(=O)N2C3C[C@@H]3CC3C[C@H]32)C[C@@H]1CCCB(O)O. The number of aliphatic carboxylic acids is 1. The number of fused-ring (bicyclic) bond motifs is 2. The molecule has 146 valence electrons. The van der Waals surface area contributed by atoms with E-state index in [-0.39, 0.29) is 31.5 Å². The molecule has 0 aromatic heterocycles. The Labute approximate surface area is 153 Å². The Kier molecular flexibility index (Phi) is 4.41. The van der Waals surface area contributed by atoms with Crippen molar-refractivity contribution in [2.75, 3.05) is 13.1 Å². The summed E-state index contributed by atoms with van der Waals surface area (Å²) in [6, 6.07) is 0.147. The zero-order valence-electron chi connectivity index (χ0n) is 14.6. The maximum Gasteiger partial charge on any atom is 0.451 e. The van der Waals surface area contributed by atoms with Crippen LogP contribution in [-0.4, -0.2) is 76.0 Å². The molecule has 0 bridgehead atoms. The van der Waals surface area contributed by atoms with Gasteiger partial charge in [0.05, 0.1) is 0 Å². The van der Waals surface area contributed by atoms with Gasteiger partial charge in [0, 0.05) is 31.1 Å². The van der Waals surface area contributed by atoms with Crippen molar-refractivity contribution in [3.63, 3.8) is 0 Å². The van der Waals surface area contributed by atoms with Gasteiger partial charge in [-0.15, -0.1) is 0 Å². The van der Waals surface area contributed by atoms with Gasteiger partial charge in [-0.1, -0.05) is 6.42 Å². The average Bonchev–Trinajstić information content (AvgIpc) is 3.43. The molecular formula is C15H26BN3O6S. The highest BCUT2D eigenvalue weighted by molar-refractivity contribution is 7.86. The Morgan fingerprint density at radius 2 is 1.81 bits per heavy atom. The number of nitrogens with two attached hydrogens (primary N) is 1. The summed E-state index contributed by atoms with van der Waals surface area (Å²) in [6.07, 6.45) is 3.75. The zero-order chi connectivity index (χ0) is 18.9. The van der Waals surface area contributed by atoms with E-state index in [9.17, 15) is 18.3 Å². The van der Waals surface area contributed by atoms with Gasteiger partial charge in [-0.05, 0) is 43.8 Å². The third-order valence-electron chi connectivity index (χ3n) is 6.63. The largest absolute Gasteiger partial charge is 0.480 e. The minimum Gasteiger partial charge on any atom is -0.480 e. The van der Waals surface area contributed by atoms with Crippen LogP contribution >= 0.6 is 0 Å². The van der Waals surface area contributed by atoms with Crippen molar-refractivity contribution < 1.29 is 28.4 Å². The molecule has 0 radical (unpaired) electrons. The van der Waals surface area contributed by atoms with Gasteiger partial charge in [-0.2, -0.15) is 17.0 Å². The molecule has 4 fully saturated rings. The van der Waals surface area contributed by atoms with Gasteiger partial charge in [0.25, 0.3) is 10.2 Å². The second-order valence-electron chi connectivity index (χ2n) is 8.45. The molecule has 9 nitrogen and oxygen atoms in total. The Bertz CT molecular complexity index is 689. The van der Waals surface area contributed by atoms with Crippen LogP contribution in [0.5, 0.6) is 0 Å². The van der Waals surface area contributed by atoms with E-state index < -0.39 is 34.8 Å². The van der Waals surface area contributed by atoms with Crippen LogP contribution in [0.1, 0.15) is 32.1 Å². The lowest BCUT2D eigenvalue weighted by Crippen LogP contribution is -2.56. The standard InChI is InChI=1S/C15H26BN3O6S/c17-15(14(20)21)8-18(7-11(15)2-1-3-16(22)23)26(24,25)19-12-5-9(12)4-10-6-13(10)19/h9-13,22-23H,1-8,17H2,(H,20,21)/t9-,10?,11-,12?,13+,15-/m0/s1. The molecule has 0 spiro atoms. The van der Waals surface area contributed by atoms with Crippen molar-refractivity contribution in [1.82, 2.24) is 8.61 Å². The summed E-state index contributed by atoms with van der Waals surface area (Å²) in [4.78, 5) is 11.8. The van der Waals surface area contributed by atoms with E-state index in [1.807, 2.05) is 0 Å². The molecule has 2 saturated heterocycles. The number of piperidine rings is 1. The first kappa shape index (κ1) is 18.6. The van der Waals surface area contributed by atoms with E-state index in [1.54, 1.807) is 4.31 Å². The summed E-state index contributed by atoms with van der Waals surface area (Å²) in [5.41, 5.74) is 4.48. The summed E-state index contributed by atoms with van der Waals surface area (Å²) in [6.45, 7) is -0.166. The van der Waals surface area contributed by atoms with Crippen molar-refractivity contribution in [2.45, 2.75) is 56.0 Å². The summed E-state index contributed by atoms with van der Waals surface area (Å²) in [5, 5.41) is 27.6. The number of carboxylic acid groups (broad SMARTS) is 1. The molecular weight excluding hydrogens is 361 g/mol. The molecule has 26 heavy (non-hydrogen) atoms. The summed E-state index contributed by atoms with van der Waals surface area (Å²) in [7, 11) is -5.19. The molecule has 2 aliphatic carbocycles. The van der Waals surface area contributed by atoms with Gasteiger partial charge >= 0.3 is 13.1 Å². The quantitative estimate of drug-likeness (QED) is 0.397. The molecule has 0 amide bonds. The molecule has 2 unspecified atom stereocenters. The number of hydrogen-bond donors (Lipinski definition) is 4. The fourth-order valence-corrected chi connectivity index (χ4v) is 7.12. The first-order valence-electron chi connectivity index (χ1n) is 9.31. The Balaban J connectivity index is 1.51. The van der Waals surface area contributed by atoms with Crippen LogP contribution in [0.2, 0.25) is 6.32 Å². The lowest BCUT2D eigenvalue weighted by atomic mass is 9.78. The van der Waals surface area contributed by atoms with E-state index in [0.29, 0.717) is 24.7 Å². The van der Waals surface area contributed by atoms with Crippen LogP contribution < -0.4 is 5.73 Å². The smallest absolute Gasteiger partial charge is 0.451 e. The number of rotatable bonds is 7. The second kappa shape index (κ2) is 6.15. The van der Waals surface area contributed by atoms with Crippen molar-refractivity contribution in [2.24, 2.45) is 23.5 Å². The van der Waals surface area contributed by atoms with Crippen LogP contribution in [0.4, 0.5) is 0 Å². The first-order chi connectivity index (χ1) is 12.1. The van der Waals surface area contributed by atoms with Crippen molar-refractivity contribution in [1.29, 1.82) is 0 Å². The Morgan fingerprint density at radius 3 is 2.35 bits per heavy atom. The fraction of sp³-hybridized carbons (Fsp3) is 0.933. The molecule has 0 aromatic carbocycles. The van der Waals surface area contributed by atoms with Crippen LogP contribution in [0, 0.1) is 17.8 Å². The van der Waals surface area contributed by atoms with Gasteiger partial charge in [-0.3, -0.25) is 4.79 Å². The normalized spacial score (nSPS) is 42.2. The number of nitrogens with zero attached hydrogens (tertiary/aromatic N) is 2. The predicted molar refractivity (Wildman–Crippen MR) is 93.0 cm³/mol. The molecule has 5 N–H and O–H groups in total. The molecule has 6 atom stereocenters. The van der Waals surface area contributed by atoms with Crippen molar-refractivity contribution in [3.8, 4) is 0 Å². The highest BCUT2D eigenvalue weighted by atomic mass is 32.2. The Hall–Kier alpha value is -0.715. The van der Waals surface area contributed by atoms with E-state index in [4.69, 9.17) is 15.8 Å². The van der Waals surface area contributed by atoms with Gasteiger partial charge in [0.1, 0.15) is 5.54 Å². The zero-order valence-corrected chi connectivity index (χ0v) is 15.4. The second-order valence-corrected chi connectivity index (χ2v) is 10.3. The molecule has 2 aliphatic heterocycles. The predicted octanol–water partition coefficient (Wildman–Crippen LogP) is -1.32. The van der Waals surface area contributed by atoms with Gasteiger partial charge in [0.2, 0.25) is 0 Å². The van der Waals surface area contributed by atoms with E-state index in [0.717, 1.165) is 19.3 Å². The highest BCUT2D eigenvalue weighted by Gasteiger charge is 2.64. The molecule has 11 heteroatoms. The van der Waals surface area contributed by atoms with Gasteiger partial charge < -0.3 is 20.9 Å². The summed E-state index contributed by atoms with van der Waals surface area (Å²) in [5.74, 6) is -0.847. The lowest BCUT2D eigenvalue weighted by molar-refractivity contribution is -0.144. The summed E-state index contributed by atoms with van der Waals surface area (Å²) >= 11 is 0. The maximum absolute atomic E-state index is 13.2. The topological polar surface area (TPSA) is 144 Å². The third kappa shape index (κ3) is 2.98. The monoisotopic (exact) mass is 387 g/mol. The van der Waals surface area contributed by atoms with Crippen LogP contribution in [-0.2, 0) is 15.0 Å². The molecule has 4 rings (SSSR count). The van der Waals surface area contributed by atoms with E-state index in [2.05, 4.69) is 0 Å². The fourth-order valence-electron chi connectivity index (χ4n) is 4.91. The van der Waals surface area contributed by atoms with Crippen LogP contribution in [0.3, 0.4) is 0 Å². The average molecular weight is 387 g/mol. The van der Waals surface area contributed by atoms with E-state index >= 15 is 0 Å². The highest BCUT2D eigenvalue weighted by Crippen LogP contribution is 2.58. The molecule has 2 saturated carbocycles. The minimum atomic E-state index is -3.73. The van der Waals surface area contributed by atoms with Crippen LogP contribution in [0.15, 0.2) is 0 Å². The summed E-state index contributed by atoms with van der Waals surface area (Å²) < 4.78 is 29.3. The number of carbonyl (C=O) groups is 1. The van der Waals surface area contributed by atoms with Crippen molar-refractivity contribution >= 4 is 23.3 Å². The molecule has 0 aromatic rings. The van der Waals surface area contributed by atoms with E-state index in [1.165, 1.54) is 4.31 Å². The van der Waals surface area contributed by atoms with Gasteiger partial charge in [0.15, 0.2) is 0 Å². The first-order valence-corrected chi connectivity index (χ1v) is 10.7.